The van der Waals surface area contributed by atoms with Gasteiger partial charge in [0.1, 0.15) is 0 Å². The van der Waals surface area contributed by atoms with Gasteiger partial charge in [0.15, 0.2) is 0 Å². The van der Waals surface area contributed by atoms with E-state index in [-0.39, 0.29) is 18.3 Å². The van der Waals surface area contributed by atoms with Gasteiger partial charge in [-0.2, -0.15) is 0 Å². The van der Waals surface area contributed by atoms with Crippen molar-refractivity contribution in [3.8, 4) is 0 Å². The molecule has 0 saturated carbocycles. The van der Waals surface area contributed by atoms with Gasteiger partial charge in [-0.3, -0.25) is 0 Å². The van der Waals surface area contributed by atoms with E-state index >= 15 is 0 Å². The average Bonchev–Trinajstić information content (AvgIpc) is 3.11. The van der Waals surface area contributed by atoms with Crippen LogP contribution in [0.4, 0.5) is 0 Å². The Morgan fingerprint density at radius 1 is 0.413 bits per heavy atom. The number of benzene rings is 3. The fourth-order valence-electron chi connectivity index (χ4n) is 6.65. The highest BCUT2D eigenvalue weighted by molar-refractivity contribution is 7.41. The Morgan fingerprint density at radius 2 is 0.674 bits per heavy atom. The largest absolute Gasteiger partial charge is 0.334 e. The van der Waals surface area contributed by atoms with Crippen LogP contribution in [0.25, 0.3) is 0 Å². The molecule has 0 aliphatic heterocycles. The van der Waals surface area contributed by atoms with E-state index in [2.05, 4.69) is 133 Å². The Hall–Kier alpha value is -2.03. The fraction of sp³-hybridized carbons (Fsp3) is 0.571. The minimum atomic E-state index is -1.71. The highest BCUT2D eigenvalue weighted by Gasteiger charge is 2.36. The van der Waals surface area contributed by atoms with Crippen molar-refractivity contribution in [2.45, 2.75) is 137 Å². The predicted molar refractivity (Wildman–Crippen MR) is 198 cm³/mol. The molecule has 4 heteroatoms. The zero-order valence-electron chi connectivity index (χ0n) is 29.8. The second kappa shape index (κ2) is 22.5. The van der Waals surface area contributed by atoms with Gasteiger partial charge in [0, 0.05) is 0 Å². The summed E-state index contributed by atoms with van der Waals surface area (Å²) in [5.74, 6) is 1.15. The number of hydrogen-bond donors (Lipinski definition) is 0. The first-order chi connectivity index (χ1) is 22.6. The smallest absolute Gasteiger partial charge is 0.304 e. The Labute approximate surface area is 283 Å². The van der Waals surface area contributed by atoms with E-state index in [1.54, 1.807) is 0 Å². The molecule has 0 aromatic heterocycles. The van der Waals surface area contributed by atoms with Gasteiger partial charge in [0.2, 0.25) is 0 Å². The lowest BCUT2D eigenvalue weighted by Crippen LogP contribution is -2.21. The monoisotopic (exact) mass is 646 g/mol. The third kappa shape index (κ3) is 12.2. The summed E-state index contributed by atoms with van der Waals surface area (Å²) in [6, 6.07) is 32.5. The van der Waals surface area contributed by atoms with Gasteiger partial charge in [-0.1, -0.05) is 190 Å². The van der Waals surface area contributed by atoms with Crippen molar-refractivity contribution in [3.63, 3.8) is 0 Å². The summed E-state index contributed by atoms with van der Waals surface area (Å²) in [5, 5.41) is 0. The van der Waals surface area contributed by atoms with Crippen LogP contribution in [0.2, 0.25) is 0 Å². The number of rotatable bonds is 24. The molecule has 6 atom stereocenters. The van der Waals surface area contributed by atoms with Crippen LogP contribution >= 0.6 is 8.60 Å². The maximum absolute atomic E-state index is 7.31. The second-order valence-electron chi connectivity index (χ2n) is 13.0. The van der Waals surface area contributed by atoms with Gasteiger partial charge in [0.05, 0.1) is 18.3 Å². The lowest BCUT2D eigenvalue weighted by atomic mass is 9.89. The fourth-order valence-corrected chi connectivity index (χ4v) is 8.23. The summed E-state index contributed by atoms with van der Waals surface area (Å²) >= 11 is 0. The maximum atomic E-state index is 7.31. The molecule has 0 aliphatic carbocycles. The Balaban J connectivity index is 2.12. The van der Waals surface area contributed by atoms with Gasteiger partial charge in [-0.15, -0.1) is 0 Å². The molecule has 46 heavy (non-hydrogen) atoms. The summed E-state index contributed by atoms with van der Waals surface area (Å²) < 4.78 is 21.9. The topological polar surface area (TPSA) is 27.7 Å². The lowest BCUT2D eigenvalue weighted by molar-refractivity contribution is 0.00987. The third-order valence-electron chi connectivity index (χ3n) is 9.63. The summed E-state index contributed by atoms with van der Waals surface area (Å²) in [6.45, 7) is 13.8. The molecule has 0 N–H and O–H groups in total. The first-order valence-electron chi connectivity index (χ1n) is 18.5. The van der Waals surface area contributed by atoms with Crippen LogP contribution in [0, 0.1) is 17.8 Å². The molecule has 3 aromatic rings. The van der Waals surface area contributed by atoms with Crippen molar-refractivity contribution < 1.29 is 13.6 Å². The molecule has 0 amide bonds. The van der Waals surface area contributed by atoms with E-state index in [1.165, 1.54) is 55.2 Å². The zero-order valence-corrected chi connectivity index (χ0v) is 30.7. The molecule has 3 nitrogen and oxygen atoms in total. The van der Waals surface area contributed by atoms with Crippen LogP contribution < -0.4 is 0 Å². The molecule has 3 rings (SSSR count). The van der Waals surface area contributed by atoms with Crippen LogP contribution in [0.3, 0.4) is 0 Å². The number of unbranched alkanes of at least 4 members (excludes halogenated alkanes) is 3. The van der Waals surface area contributed by atoms with E-state index in [1.807, 2.05) is 0 Å². The minimum Gasteiger partial charge on any atom is -0.304 e. The van der Waals surface area contributed by atoms with Crippen molar-refractivity contribution in [2.75, 3.05) is 0 Å². The van der Waals surface area contributed by atoms with E-state index in [4.69, 9.17) is 13.6 Å². The van der Waals surface area contributed by atoms with Crippen LogP contribution in [0.5, 0.6) is 0 Å². The van der Waals surface area contributed by atoms with Crippen molar-refractivity contribution in [3.05, 3.63) is 108 Å². The van der Waals surface area contributed by atoms with Gasteiger partial charge in [0.25, 0.3) is 0 Å². The molecule has 0 aliphatic rings. The van der Waals surface area contributed by atoms with Gasteiger partial charge in [-0.25, -0.2) is 0 Å². The predicted octanol–water partition coefficient (Wildman–Crippen LogP) is 14.1. The van der Waals surface area contributed by atoms with E-state index in [9.17, 15) is 0 Å². The molecule has 0 spiro atoms. The molecule has 0 fully saturated rings. The van der Waals surface area contributed by atoms with E-state index in [0.717, 1.165) is 38.5 Å². The standard InChI is InChI=1S/C42H63O3P/c1-7-13-25-34(10-4)40(37-28-19-16-20-29-37)43-46(44-41(35(11-5)26-14-8-2)38-30-21-17-22-31-38)45-42(36(12-6)27-15-9-3)39-32-23-18-24-33-39/h16-24,28-36,40-42H,7-15,25-27H2,1-6H3. The SMILES string of the molecule is CCCCC(CC)C(OP(OC(c1ccccc1)C(CC)CCCC)OC(c1ccccc1)C(CC)CCCC)c1ccccc1. The van der Waals surface area contributed by atoms with Crippen LogP contribution in [-0.2, 0) is 13.6 Å². The van der Waals surface area contributed by atoms with Crippen LogP contribution in [0.1, 0.15) is 154 Å². The summed E-state index contributed by atoms with van der Waals surface area (Å²) in [5.41, 5.74) is 3.65. The van der Waals surface area contributed by atoms with E-state index < -0.39 is 8.60 Å². The van der Waals surface area contributed by atoms with Crippen LogP contribution in [0.15, 0.2) is 91.0 Å². The van der Waals surface area contributed by atoms with Crippen molar-refractivity contribution in [2.24, 2.45) is 17.8 Å². The van der Waals surface area contributed by atoms with Gasteiger partial charge < -0.3 is 13.6 Å². The summed E-state index contributed by atoms with van der Waals surface area (Å²) in [6.07, 6.45) is 13.3. The third-order valence-corrected chi connectivity index (χ3v) is 10.8. The van der Waals surface area contributed by atoms with Crippen LogP contribution in [-0.4, -0.2) is 0 Å². The first kappa shape index (κ1) is 38.4. The minimum absolute atomic E-state index is 0.0943. The highest BCUT2D eigenvalue weighted by Crippen LogP contribution is 2.57. The Kier molecular flexibility index (Phi) is 18.8. The molecule has 0 bridgehead atoms. The molecule has 254 valence electrons. The summed E-state index contributed by atoms with van der Waals surface area (Å²) in [7, 11) is -1.71. The number of hydrogen-bond acceptors (Lipinski definition) is 3. The zero-order chi connectivity index (χ0) is 33.0. The Morgan fingerprint density at radius 3 is 0.891 bits per heavy atom. The molecule has 0 saturated heterocycles. The molecular weight excluding hydrogens is 583 g/mol. The average molecular weight is 647 g/mol. The highest BCUT2D eigenvalue weighted by atomic mass is 31.2. The van der Waals surface area contributed by atoms with Crippen molar-refractivity contribution in [1.29, 1.82) is 0 Å². The van der Waals surface area contributed by atoms with Crippen molar-refractivity contribution >= 4 is 8.60 Å². The first-order valence-corrected chi connectivity index (χ1v) is 19.6. The molecule has 0 heterocycles. The van der Waals surface area contributed by atoms with E-state index in [0.29, 0.717) is 17.8 Å². The second-order valence-corrected chi connectivity index (χ2v) is 14.0. The maximum Gasteiger partial charge on any atom is 0.334 e. The quantitative estimate of drug-likeness (QED) is 0.0907. The Bertz CT molecular complexity index is 995. The molecule has 0 radical (unpaired) electrons. The normalized spacial score (nSPS) is 16.3. The molecule has 3 aromatic carbocycles. The van der Waals surface area contributed by atoms with Gasteiger partial charge >= 0.3 is 8.60 Å². The summed E-state index contributed by atoms with van der Waals surface area (Å²) in [4.78, 5) is 0. The lowest BCUT2D eigenvalue weighted by Gasteiger charge is -2.36. The van der Waals surface area contributed by atoms with Gasteiger partial charge in [-0.05, 0) is 53.7 Å². The molecular formula is C42H63O3P. The molecule has 6 unspecified atom stereocenters. The van der Waals surface area contributed by atoms with Crippen molar-refractivity contribution in [1.82, 2.24) is 0 Å².